The van der Waals surface area contributed by atoms with E-state index >= 15 is 0 Å². The van der Waals surface area contributed by atoms with Gasteiger partial charge in [0.25, 0.3) is 0 Å². The van der Waals surface area contributed by atoms with Crippen LogP contribution in [-0.2, 0) is 0 Å². The van der Waals surface area contributed by atoms with Crippen molar-refractivity contribution in [3.05, 3.63) is 24.3 Å². The molecule has 0 fully saturated rings. The average Bonchev–Trinajstić information content (AvgIpc) is 1.81. The van der Waals surface area contributed by atoms with Gasteiger partial charge in [-0.15, -0.1) is 0 Å². The van der Waals surface area contributed by atoms with Crippen LogP contribution >= 0.6 is 0 Å². The van der Waals surface area contributed by atoms with Gasteiger partial charge in [0, 0.05) is 0 Å². The van der Waals surface area contributed by atoms with Crippen molar-refractivity contribution in [3.8, 4) is 0 Å². The quantitative estimate of drug-likeness (QED) is 0.555. The van der Waals surface area contributed by atoms with Gasteiger partial charge in [-0.05, 0) is 0 Å². The third-order valence-electron chi connectivity index (χ3n) is 1.60. The van der Waals surface area contributed by atoms with E-state index in [1.165, 1.54) is 10.0 Å². The Morgan fingerprint density at radius 1 is 1.31 bits per heavy atom. The summed E-state index contributed by atoms with van der Waals surface area (Å²) in [5, 5.41) is 0. The molecule has 0 aromatic carbocycles. The third-order valence-corrected chi connectivity index (χ3v) is 5.77. The first kappa shape index (κ1) is 13.2. The van der Waals surface area contributed by atoms with Gasteiger partial charge in [-0.1, -0.05) is 0 Å². The fourth-order valence-electron chi connectivity index (χ4n) is 1.04. The van der Waals surface area contributed by atoms with E-state index in [1.54, 1.807) is 0 Å². The van der Waals surface area contributed by atoms with Crippen molar-refractivity contribution in [3.63, 3.8) is 0 Å². The van der Waals surface area contributed by atoms with E-state index < -0.39 is 18.4 Å². The van der Waals surface area contributed by atoms with Crippen molar-refractivity contribution in [2.24, 2.45) is 0 Å². The second-order valence-electron chi connectivity index (χ2n) is 5.06. The molecule has 0 aromatic heterocycles. The predicted octanol–water partition coefficient (Wildman–Crippen LogP) is 3.00. The summed E-state index contributed by atoms with van der Waals surface area (Å²) in [6.07, 6.45) is 4.49. The normalized spacial score (nSPS) is 12.8. The van der Waals surface area contributed by atoms with Crippen LogP contribution in [0.15, 0.2) is 24.3 Å². The van der Waals surface area contributed by atoms with Crippen LogP contribution in [0, 0.1) is 0 Å². The SMILES string of the molecule is C=C(/C=C/[CH2][Sn]([CH3])([CH3])[CH3])CN(C)C. The molecule has 1 nitrogen and oxygen atoms in total. The van der Waals surface area contributed by atoms with Crippen molar-refractivity contribution >= 4 is 18.4 Å². The summed E-state index contributed by atoms with van der Waals surface area (Å²) in [4.78, 5) is 9.50. The summed E-state index contributed by atoms with van der Waals surface area (Å²) >= 11 is -1.57. The first-order valence-electron chi connectivity index (χ1n) is 4.80. The number of nitrogens with zero attached hydrogens (tertiary/aromatic N) is 1. The van der Waals surface area contributed by atoms with Crippen molar-refractivity contribution in [2.75, 3.05) is 20.6 Å². The molecule has 0 saturated heterocycles. The number of rotatable bonds is 5. The van der Waals surface area contributed by atoms with E-state index in [9.17, 15) is 0 Å². The number of likely N-dealkylation sites (N-methyl/N-ethyl adjacent to an activating group) is 1. The minimum atomic E-state index is -1.57. The van der Waals surface area contributed by atoms with Crippen molar-refractivity contribution < 1.29 is 0 Å². The molecule has 0 aliphatic heterocycles. The molecule has 0 saturated carbocycles. The Morgan fingerprint density at radius 2 is 1.85 bits per heavy atom. The zero-order chi connectivity index (χ0) is 10.5. The Kier molecular flexibility index (Phi) is 5.97. The summed E-state index contributed by atoms with van der Waals surface area (Å²) in [5.41, 5.74) is 1.21. The topological polar surface area (TPSA) is 3.24 Å². The number of allylic oxidation sites excluding steroid dienone is 1. The van der Waals surface area contributed by atoms with E-state index in [-0.39, 0.29) is 0 Å². The van der Waals surface area contributed by atoms with Gasteiger partial charge in [-0.25, -0.2) is 0 Å². The standard InChI is InChI=1S/C8H14N.3CH3.Sn/c1-5-6-8(2)7-9(3)4;;;;/h5-6H,1-2,7H2,3-4H3;3*1H3;/b6-5+;;;;. The van der Waals surface area contributed by atoms with Crippen LogP contribution in [0.4, 0.5) is 0 Å². The second kappa shape index (κ2) is 5.86. The van der Waals surface area contributed by atoms with E-state index in [0.717, 1.165) is 6.54 Å². The van der Waals surface area contributed by atoms with Gasteiger partial charge >= 0.3 is 87.5 Å². The van der Waals surface area contributed by atoms with Crippen molar-refractivity contribution in [2.45, 2.75) is 19.3 Å². The molecule has 0 radical (unpaired) electrons. The molecule has 0 heterocycles. The van der Waals surface area contributed by atoms with E-state index in [0.29, 0.717) is 0 Å². The van der Waals surface area contributed by atoms with Crippen LogP contribution in [0.3, 0.4) is 0 Å². The summed E-state index contributed by atoms with van der Waals surface area (Å²) in [6, 6.07) is 0. The Balaban J connectivity index is 3.79. The average molecular weight is 288 g/mol. The molecular weight excluding hydrogens is 265 g/mol. The molecule has 0 N–H and O–H groups in total. The van der Waals surface area contributed by atoms with E-state index in [4.69, 9.17) is 0 Å². The Bertz CT molecular complexity index is 187. The molecule has 76 valence electrons. The molecule has 0 aliphatic rings. The molecule has 0 bridgehead atoms. The van der Waals surface area contributed by atoms with Gasteiger partial charge in [0.2, 0.25) is 0 Å². The second-order valence-corrected chi connectivity index (χ2v) is 20.8. The van der Waals surface area contributed by atoms with Crippen LogP contribution in [-0.4, -0.2) is 43.9 Å². The molecule has 0 unspecified atom stereocenters. The van der Waals surface area contributed by atoms with Crippen molar-refractivity contribution in [1.29, 1.82) is 0 Å². The monoisotopic (exact) mass is 289 g/mol. The molecule has 0 rings (SSSR count). The number of hydrogen-bond donors (Lipinski definition) is 0. The van der Waals surface area contributed by atoms with Crippen LogP contribution in [0.25, 0.3) is 0 Å². The zero-order valence-electron chi connectivity index (χ0n) is 9.72. The molecule has 2 heteroatoms. The van der Waals surface area contributed by atoms with Crippen LogP contribution in [0.2, 0.25) is 19.3 Å². The molecule has 0 atom stereocenters. The molecule has 0 spiro atoms. The number of hydrogen-bond acceptors (Lipinski definition) is 1. The fraction of sp³-hybridized carbons (Fsp3) is 0.636. The predicted molar refractivity (Wildman–Crippen MR) is 65.0 cm³/mol. The van der Waals surface area contributed by atoms with Crippen molar-refractivity contribution in [1.82, 2.24) is 4.90 Å². The fourth-order valence-corrected chi connectivity index (χ4v) is 3.39. The summed E-state index contributed by atoms with van der Waals surface area (Å²) < 4.78 is 1.32. The maximum absolute atomic E-state index is 4.01. The van der Waals surface area contributed by atoms with Crippen LogP contribution in [0.1, 0.15) is 0 Å². The van der Waals surface area contributed by atoms with Gasteiger partial charge in [0.05, 0.1) is 0 Å². The molecule has 0 aliphatic carbocycles. The minimum absolute atomic E-state index is 0.968. The van der Waals surface area contributed by atoms with Crippen LogP contribution in [0.5, 0.6) is 0 Å². The Hall–Kier alpha value is 0.239. The van der Waals surface area contributed by atoms with Gasteiger partial charge in [0.1, 0.15) is 0 Å². The summed E-state index contributed by atoms with van der Waals surface area (Å²) in [6.45, 7) is 4.98. The summed E-state index contributed by atoms with van der Waals surface area (Å²) in [5.74, 6) is 0. The third kappa shape index (κ3) is 10.2. The molecular formula is C11H23NSn. The Morgan fingerprint density at radius 3 is 2.23 bits per heavy atom. The molecule has 0 amide bonds. The van der Waals surface area contributed by atoms with Gasteiger partial charge < -0.3 is 0 Å². The van der Waals surface area contributed by atoms with E-state index in [1.807, 2.05) is 0 Å². The Labute approximate surface area is 87.4 Å². The van der Waals surface area contributed by atoms with E-state index in [2.05, 4.69) is 52.5 Å². The van der Waals surface area contributed by atoms with Gasteiger partial charge in [-0.3, -0.25) is 0 Å². The first-order chi connectivity index (χ1) is 5.81. The van der Waals surface area contributed by atoms with Gasteiger partial charge in [-0.2, -0.15) is 0 Å². The molecule has 13 heavy (non-hydrogen) atoms. The van der Waals surface area contributed by atoms with Crippen LogP contribution < -0.4 is 0 Å². The maximum atomic E-state index is 4.01. The summed E-state index contributed by atoms with van der Waals surface area (Å²) in [7, 11) is 4.14. The van der Waals surface area contributed by atoms with Gasteiger partial charge in [0.15, 0.2) is 0 Å². The zero-order valence-corrected chi connectivity index (χ0v) is 12.6. The molecule has 0 aromatic rings. The first-order valence-corrected chi connectivity index (χ1v) is 15.4.